The molecular weight excluding hydrogens is 586 g/mol. The van der Waals surface area contributed by atoms with Crippen LogP contribution in [0, 0.1) is 0 Å². The van der Waals surface area contributed by atoms with Gasteiger partial charge in [0.15, 0.2) is 5.16 Å². The van der Waals surface area contributed by atoms with Gasteiger partial charge in [-0.2, -0.15) is 0 Å². The van der Waals surface area contributed by atoms with Crippen molar-refractivity contribution in [3.8, 4) is 45.5 Å². The van der Waals surface area contributed by atoms with Crippen LogP contribution in [-0.4, -0.2) is 49.6 Å². The van der Waals surface area contributed by atoms with Crippen LogP contribution < -0.4 is 24.3 Å². The maximum absolute atomic E-state index is 13.0. The predicted molar refractivity (Wildman–Crippen MR) is 180 cm³/mol. The molecule has 0 atom stereocenters. The minimum absolute atomic E-state index is 0.291. The van der Waals surface area contributed by atoms with Gasteiger partial charge in [0.2, 0.25) is 0 Å². The molecule has 1 amide bonds. The summed E-state index contributed by atoms with van der Waals surface area (Å²) in [6, 6.07) is 31.2. The monoisotopic (exact) mass is 623 g/mol. The molecule has 0 bridgehead atoms. The Kier molecular flexibility index (Phi) is 11.0. The fraction of sp³-hybridized carbons (Fsp3) is 0.222. The number of rotatable bonds is 15. The summed E-state index contributed by atoms with van der Waals surface area (Å²) in [4.78, 5) is 21.5. The van der Waals surface area contributed by atoms with Crippen LogP contribution in [0.15, 0.2) is 102 Å². The highest BCUT2D eigenvalue weighted by atomic mass is 32.2. The van der Waals surface area contributed by atoms with Crippen LogP contribution in [0.5, 0.6) is 23.0 Å². The number of carbonyl (C=O) groups excluding carboxylic acids is 1. The number of benzene rings is 4. The number of imidazole rings is 1. The molecule has 0 aliphatic carbocycles. The molecule has 5 aromatic rings. The van der Waals surface area contributed by atoms with Crippen molar-refractivity contribution in [2.75, 3.05) is 39.0 Å². The topological polar surface area (TPSA) is 94.7 Å². The Bertz CT molecular complexity index is 1590. The first-order chi connectivity index (χ1) is 22.1. The van der Waals surface area contributed by atoms with Gasteiger partial charge in [-0.3, -0.25) is 4.79 Å². The molecule has 0 fully saturated rings. The van der Waals surface area contributed by atoms with Gasteiger partial charge >= 0.3 is 0 Å². The summed E-state index contributed by atoms with van der Waals surface area (Å²) in [5.74, 6) is 2.63. The third-order valence-electron chi connectivity index (χ3n) is 7.14. The molecule has 0 unspecified atom stereocenters. The first-order valence-electron chi connectivity index (χ1n) is 14.8. The molecule has 0 aliphatic heterocycles. The van der Waals surface area contributed by atoms with E-state index >= 15 is 0 Å². The second-order valence-electron chi connectivity index (χ2n) is 10.1. The van der Waals surface area contributed by atoms with E-state index in [1.54, 1.807) is 31.0 Å². The summed E-state index contributed by atoms with van der Waals surface area (Å²) in [6.07, 6.45) is 3.04. The lowest BCUT2D eigenvalue weighted by atomic mass is 10.1. The third kappa shape index (κ3) is 8.19. The minimum atomic E-state index is -0.347. The van der Waals surface area contributed by atoms with Crippen molar-refractivity contribution >= 4 is 23.4 Å². The second kappa shape index (κ2) is 15.7. The molecule has 0 saturated heterocycles. The number of hydrogen-bond donors (Lipinski definition) is 2. The summed E-state index contributed by atoms with van der Waals surface area (Å²) in [5, 5.41) is 3.82. The normalized spacial score (nSPS) is 10.7. The maximum atomic E-state index is 13.0. The number of carbonyl (C=O) groups is 1. The predicted octanol–water partition coefficient (Wildman–Crippen LogP) is 8.36. The average Bonchev–Trinajstić information content (AvgIpc) is 3.53. The second-order valence-corrected chi connectivity index (χ2v) is 11.2. The number of anilines is 1. The van der Waals surface area contributed by atoms with E-state index in [0.29, 0.717) is 35.1 Å². The minimum Gasteiger partial charge on any atom is -0.496 e. The zero-order chi connectivity index (χ0) is 31.4. The average molecular weight is 624 g/mol. The molecular formula is C36H37N3O5S. The molecule has 9 heteroatoms. The number of ether oxygens (including phenoxy) is 4. The van der Waals surface area contributed by atoms with Gasteiger partial charge in [0, 0.05) is 34.7 Å². The van der Waals surface area contributed by atoms with Gasteiger partial charge in [-0.25, -0.2) is 4.98 Å². The Hall–Kier alpha value is -4.89. The van der Waals surface area contributed by atoms with E-state index in [1.165, 1.54) is 14.2 Å². The number of aromatic amines is 1. The van der Waals surface area contributed by atoms with Crippen LogP contribution in [0.1, 0.15) is 29.6 Å². The van der Waals surface area contributed by atoms with Crippen molar-refractivity contribution in [3.63, 3.8) is 0 Å². The third-order valence-corrected chi connectivity index (χ3v) is 8.10. The summed E-state index contributed by atoms with van der Waals surface area (Å²) in [7, 11) is 4.54. The highest BCUT2D eigenvalue weighted by Crippen LogP contribution is 2.35. The number of aromatic nitrogens is 2. The lowest BCUT2D eigenvalue weighted by Gasteiger charge is -2.15. The molecule has 232 valence electrons. The van der Waals surface area contributed by atoms with E-state index < -0.39 is 0 Å². The number of methoxy groups -OCH3 is 3. The van der Waals surface area contributed by atoms with E-state index in [-0.39, 0.29) is 5.91 Å². The van der Waals surface area contributed by atoms with Crippen molar-refractivity contribution < 1.29 is 23.7 Å². The smallest absolute Gasteiger partial charge is 0.263 e. The van der Waals surface area contributed by atoms with Gasteiger partial charge in [0.05, 0.1) is 39.3 Å². The maximum Gasteiger partial charge on any atom is 0.263 e. The van der Waals surface area contributed by atoms with Gasteiger partial charge in [0.25, 0.3) is 5.91 Å². The standard InChI is InChI=1S/C36H37N3O5S/c1-41-29-23-30(42-2)32(31(24-29)43-3)35(40)37-27-17-19-28(20-18-27)44-21-11-6-12-22-45-36-38-33(25-13-7-4-8-14-25)34(39-36)26-15-9-5-10-16-26/h4-5,7-10,13-20,23-24H,6,11-12,21-22H2,1-3H3,(H,37,40)(H,38,39). The summed E-state index contributed by atoms with van der Waals surface area (Å²) < 4.78 is 22.0. The Balaban J connectivity index is 1.07. The Labute approximate surface area is 268 Å². The van der Waals surface area contributed by atoms with Crippen molar-refractivity contribution in [1.82, 2.24) is 9.97 Å². The zero-order valence-corrected chi connectivity index (χ0v) is 26.5. The number of H-pyrrole nitrogens is 1. The number of nitrogens with zero attached hydrogens (tertiary/aromatic N) is 1. The molecule has 0 radical (unpaired) electrons. The first-order valence-corrected chi connectivity index (χ1v) is 15.8. The fourth-order valence-corrected chi connectivity index (χ4v) is 5.71. The van der Waals surface area contributed by atoms with E-state index in [1.807, 2.05) is 60.7 Å². The molecule has 45 heavy (non-hydrogen) atoms. The van der Waals surface area contributed by atoms with Gasteiger partial charge in [0.1, 0.15) is 28.6 Å². The number of nitrogens with one attached hydrogen (secondary N) is 2. The Morgan fingerprint density at radius 2 is 1.40 bits per heavy atom. The van der Waals surface area contributed by atoms with Crippen LogP contribution in [-0.2, 0) is 0 Å². The van der Waals surface area contributed by atoms with E-state index in [2.05, 4.69) is 34.6 Å². The number of thioether (sulfide) groups is 1. The lowest BCUT2D eigenvalue weighted by molar-refractivity contribution is 0.102. The molecule has 1 heterocycles. The van der Waals surface area contributed by atoms with Gasteiger partial charge < -0.3 is 29.2 Å². The Morgan fingerprint density at radius 1 is 0.756 bits per heavy atom. The highest BCUT2D eigenvalue weighted by molar-refractivity contribution is 7.99. The molecule has 1 aromatic heterocycles. The number of amides is 1. The number of hydrogen-bond acceptors (Lipinski definition) is 7. The molecule has 8 nitrogen and oxygen atoms in total. The fourth-order valence-electron chi connectivity index (χ4n) is 4.84. The first kappa shape index (κ1) is 31.5. The summed E-state index contributed by atoms with van der Waals surface area (Å²) in [5.41, 5.74) is 5.17. The van der Waals surface area contributed by atoms with Crippen LogP contribution in [0.25, 0.3) is 22.5 Å². The van der Waals surface area contributed by atoms with Crippen molar-refractivity contribution in [2.24, 2.45) is 0 Å². The van der Waals surface area contributed by atoms with Gasteiger partial charge in [-0.05, 0) is 43.5 Å². The number of unbranched alkanes of at least 4 members (excludes halogenated alkanes) is 2. The zero-order valence-electron chi connectivity index (χ0n) is 25.7. The Morgan fingerprint density at radius 3 is 2.02 bits per heavy atom. The largest absolute Gasteiger partial charge is 0.496 e. The SMILES string of the molecule is COc1cc(OC)c(C(=O)Nc2ccc(OCCCCCSc3nc(-c4ccccc4)c(-c4ccccc4)[nH]3)cc2)c(OC)c1. The molecule has 0 saturated carbocycles. The van der Waals surface area contributed by atoms with Crippen molar-refractivity contribution in [2.45, 2.75) is 24.4 Å². The van der Waals surface area contributed by atoms with Crippen LogP contribution >= 0.6 is 11.8 Å². The quantitative estimate of drug-likeness (QED) is 0.0894. The van der Waals surface area contributed by atoms with E-state index in [4.69, 9.17) is 23.9 Å². The van der Waals surface area contributed by atoms with Gasteiger partial charge in [-0.1, -0.05) is 72.4 Å². The van der Waals surface area contributed by atoms with Crippen molar-refractivity contribution in [1.29, 1.82) is 0 Å². The molecule has 0 aliphatic rings. The summed E-state index contributed by atoms with van der Waals surface area (Å²) in [6.45, 7) is 0.619. The highest BCUT2D eigenvalue weighted by Gasteiger charge is 2.21. The molecule has 0 spiro atoms. The summed E-state index contributed by atoms with van der Waals surface area (Å²) >= 11 is 1.75. The molecule has 5 rings (SSSR count). The van der Waals surface area contributed by atoms with Crippen LogP contribution in [0.4, 0.5) is 5.69 Å². The molecule has 4 aromatic carbocycles. The van der Waals surface area contributed by atoms with Crippen LogP contribution in [0.3, 0.4) is 0 Å². The van der Waals surface area contributed by atoms with E-state index in [9.17, 15) is 4.79 Å². The van der Waals surface area contributed by atoms with Crippen molar-refractivity contribution in [3.05, 3.63) is 103 Å². The van der Waals surface area contributed by atoms with E-state index in [0.717, 1.165) is 58.4 Å². The lowest BCUT2D eigenvalue weighted by Crippen LogP contribution is -2.14. The molecule has 2 N–H and O–H groups in total. The van der Waals surface area contributed by atoms with Gasteiger partial charge in [-0.15, -0.1) is 0 Å². The van der Waals surface area contributed by atoms with Crippen LogP contribution in [0.2, 0.25) is 0 Å².